The fourth-order valence-corrected chi connectivity index (χ4v) is 1.86. The van der Waals surface area contributed by atoms with Crippen LogP contribution in [-0.4, -0.2) is 20.8 Å². The number of hydrogen-bond donors (Lipinski definition) is 1. The predicted molar refractivity (Wildman–Crippen MR) is 60.7 cm³/mol. The molecule has 15 heavy (non-hydrogen) atoms. The van der Waals surface area contributed by atoms with Crippen LogP contribution in [0.4, 0.5) is 0 Å². The van der Waals surface area contributed by atoms with Crippen LogP contribution >= 0.6 is 0 Å². The number of aliphatic hydroxyl groups excluding tert-OH is 1. The molecule has 0 saturated heterocycles. The van der Waals surface area contributed by atoms with E-state index in [0.717, 1.165) is 18.5 Å². The number of hydrogen-bond acceptors (Lipinski definition) is 2. The van der Waals surface area contributed by atoms with E-state index in [4.69, 9.17) is 0 Å². The summed E-state index contributed by atoms with van der Waals surface area (Å²) in [6.45, 7) is 1.82. The minimum absolute atomic E-state index is 0.239. The van der Waals surface area contributed by atoms with E-state index >= 15 is 0 Å². The summed E-state index contributed by atoms with van der Waals surface area (Å²) >= 11 is 0. The van der Waals surface area contributed by atoms with E-state index in [1.807, 2.05) is 24.6 Å². The highest BCUT2D eigenvalue weighted by atomic mass is 16.3. The lowest BCUT2D eigenvalue weighted by atomic mass is 10.1. The Kier molecular flexibility index (Phi) is 2.73. The second-order valence-corrected chi connectivity index (χ2v) is 4.03. The summed E-state index contributed by atoms with van der Waals surface area (Å²) < 4.78 is 2.03. The summed E-state index contributed by atoms with van der Waals surface area (Å²) in [4.78, 5) is 4.33. The average Bonchev–Trinajstić information content (AvgIpc) is 2.54. The first-order valence-corrected chi connectivity index (χ1v) is 5.25. The first-order valence-electron chi connectivity index (χ1n) is 5.25. The van der Waals surface area contributed by atoms with Crippen molar-refractivity contribution >= 4 is 11.0 Å². The fourth-order valence-electron chi connectivity index (χ4n) is 1.86. The summed E-state index contributed by atoms with van der Waals surface area (Å²) in [5, 5.41) is 10.5. The lowest BCUT2D eigenvalue weighted by Crippen LogP contribution is -2.00. The molecular weight excluding hydrogens is 188 g/mol. The minimum atomic E-state index is -0.239. The molecule has 3 nitrogen and oxygen atoms in total. The van der Waals surface area contributed by atoms with Crippen LogP contribution in [0.1, 0.15) is 18.9 Å². The van der Waals surface area contributed by atoms with Crippen LogP contribution in [0.25, 0.3) is 11.0 Å². The molecule has 2 aromatic rings. The molecule has 0 aliphatic carbocycles. The van der Waals surface area contributed by atoms with Gasteiger partial charge in [-0.05, 0) is 37.5 Å². The van der Waals surface area contributed by atoms with Crippen molar-refractivity contribution in [1.82, 2.24) is 9.55 Å². The lowest BCUT2D eigenvalue weighted by Gasteiger charge is -2.01. The molecule has 2 aromatic heterocycles. The Balaban J connectivity index is 2.35. The van der Waals surface area contributed by atoms with Crippen LogP contribution in [-0.2, 0) is 13.5 Å². The third kappa shape index (κ3) is 2.02. The van der Waals surface area contributed by atoms with Crippen LogP contribution in [0.5, 0.6) is 0 Å². The molecular formula is C12H16N2O. The molecule has 0 fully saturated rings. The van der Waals surface area contributed by atoms with Crippen molar-refractivity contribution in [2.24, 2.45) is 7.05 Å². The molecule has 0 aromatic carbocycles. The van der Waals surface area contributed by atoms with Gasteiger partial charge in [0.15, 0.2) is 0 Å². The largest absolute Gasteiger partial charge is 0.393 e. The topological polar surface area (TPSA) is 38.0 Å². The fraction of sp³-hybridized carbons (Fsp3) is 0.417. The molecule has 0 radical (unpaired) electrons. The van der Waals surface area contributed by atoms with Gasteiger partial charge in [0.05, 0.1) is 6.10 Å². The van der Waals surface area contributed by atoms with E-state index < -0.39 is 0 Å². The van der Waals surface area contributed by atoms with Crippen molar-refractivity contribution in [1.29, 1.82) is 0 Å². The number of aryl methyl sites for hydroxylation is 2. The van der Waals surface area contributed by atoms with Crippen LogP contribution in [0.15, 0.2) is 24.5 Å². The number of aliphatic hydroxyl groups is 1. The molecule has 0 aliphatic heterocycles. The summed E-state index contributed by atoms with van der Waals surface area (Å²) in [5.74, 6) is 0. The number of rotatable bonds is 3. The zero-order valence-electron chi connectivity index (χ0n) is 9.14. The van der Waals surface area contributed by atoms with Gasteiger partial charge in [-0.15, -0.1) is 0 Å². The summed E-state index contributed by atoms with van der Waals surface area (Å²) in [6.07, 6.45) is 5.37. The van der Waals surface area contributed by atoms with Crippen LogP contribution in [0.3, 0.4) is 0 Å². The number of pyridine rings is 1. The monoisotopic (exact) mass is 204 g/mol. The Morgan fingerprint density at radius 2 is 2.33 bits per heavy atom. The third-order valence-corrected chi connectivity index (χ3v) is 2.65. The van der Waals surface area contributed by atoms with Crippen LogP contribution < -0.4 is 0 Å². The Labute approximate surface area is 89.4 Å². The molecule has 0 spiro atoms. The van der Waals surface area contributed by atoms with Gasteiger partial charge in [0.2, 0.25) is 0 Å². The molecule has 0 bridgehead atoms. The van der Waals surface area contributed by atoms with E-state index in [2.05, 4.69) is 17.2 Å². The average molecular weight is 204 g/mol. The van der Waals surface area contributed by atoms with Gasteiger partial charge in [0.1, 0.15) is 5.65 Å². The summed E-state index contributed by atoms with van der Waals surface area (Å²) in [6, 6.07) is 4.04. The molecule has 2 rings (SSSR count). The second-order valence-electron chi connectivity index (χ2n) is 4.03. The van der Waals surface area contributed by atoms with Crippen molar-refractivity contribution in [3.8, 4) is 0 Å². The lowest BCUT2D eigenvalue weighted by molar-refractivity contribution is 0.185. The highest BCUT2D eigenvalue weighted by Crippen LogP contribution is 2.19. The van der Waals surface area contributed by atoms with Crippen molar-refractivity contribution < 1.29 is 5.11 Å². The Hall–Kier alpha value is -1.35. The molecule has 0 amide bonds. The maximum atomic E-state index is 9.27. The molecule has 1 N–H and O–H groups in total. The first kappa shape index (κ1) is 10.2. The third-order valence-electron chi connectivity index (χ3n) is 2.65. The van der Waals surface area contributed by atoms with Gasteiger partial charge in [-0.1, -0.05) is 0 Å². The van der Waals surface area contributed by atoms with Gasteiger partial charge >= 0.3 is 0 Å². The van der Waals surface area contributed by atoms with E-state index in [-0.39, 0.29) is 6.10 Å². The molecule has 2 heterocycles. The number of nitrogens with zero attached hydrogens (tertiary/aromatic N) is 2. The van der Waals surface area contributed by atoms with E-state index in [1.54, 1.807) is 6.20 Å². The number of fused-ring (bicyclic) bond motifs is 1. The Bertz CT molecular complexity index is 460. The molecule has 0 saturated carbocycles. The van der Waals surface area contributed by atoms with Gasteiger partial charge in [-0.3, -0.25) is 0 Å². The summed E-state index contributed by atoms with van der Waals surface area (Å²) in [7, 11) is 2.00. The molecule has 80 valence electrons. The molecule has 0 aliphatic rings. The molecule has 1 atom stereocenters. The van der Waals surface area contributed by atoms with Gasteiger partial charge in [-0.25, -0.2) is 4.98 Å². The van der Waals surface area contributed by atoms with Crippen molar-refractivity contribution in [3.63, 3.8) is 0 Å². The minimum Gasteiger partial charge on any atom is -0.393 e. The van der Waals surface area contributed by atoms with E-state index in [0.29, 0.717) is 0 Å². The van der Waals surface area contributed by atoms with Gasteiger partial charge in [-0.2, -0.15) is 0 Å². The van der Waals surface area contributed by atoms with Crippen molar-refractivity contribution in [3.05, 3.63) is 30.1 Å². The van der Waals surface area contributed by atoms with Gasteiger partial charge < -0.3 is 9.67 Å². The highest BCUT2D eigenvalue weighted by molar-refractivity contribution is 5.80. The normalized spacial score (nSPS) is 13.3. The summed E-state index contributed by atoms with van der Waals surface area (Å²) in [5.41, 5.74) is 2.28. The van der Waals surface area contributed by atoms with Crippen molar-refractivity contribution in [2.45, 2.75) is 25.9 Å². The molecule has 1 unspecified atom stereocenters. The van der Waals surface area contributed by atoms with E-state index in [1.165, 1.54) is 10.9 Å². The first-order chi connectivity index (χ1) is 7.18. The maximum Gasteiger partial charge on any atom is 0.139 e. The van der Waals surface area contributed by atoms with Crippen LogP contribution in [0, 0.1) is 0 Å². The van der Waals surface area contributed by atoms with Crippen molar-refractivity contribution in [2.75, 3.05) is 0 Å². The Morgan fingerprint density at radius 1 is 1.53 bits per heavy atom. The second kappa shape index (κ2) is 4.03. The maximum absolute atomic E-state index is 9.27. The smallest absolute Gasteiger partial charge is 0.139 e. The Morgan fingerprint density at radius 3 is 3.07 bits per heavy atom. The van der Waals surface area contributed by atoms with Gasteiger partial charge in [0.25, 0.3) is 0 Å². The molecule has 3 heteroatoms. The zero-order chi connectivity index (χ0) is 10.8. The quantitative estimate of drug-likeness (QED) is 0.829. The van der Waals surface area contributed by atoms with Crippen LogP contribution in [0.2, 0.25) is 0 Å². The standard InChI is InChI=1S/C12H16N2O/c1-9(15)5-6-10-8-14(2)12-11(10)4-3-7-13-12/h3-4,7-9,15H,5-6H2,1-2H3. The SMILES string of the molecule is CC(O)CCc1cn(C)c2ncccc12. The highest BCUT2D eigenvalue weighted by Gasteiger charge is 2.07. The predicted octanol–water partition coefficient (Wildman–Crippen LogP) is 1.89. The van der Waals surface area contributed by atoms with Gasteiger partial charge in [0, 0.05) is 24.8 Å². The zero-order valence-corrected chi connectivity index (χ0v) is 9.14. The van der Waals surface area contributed by atoms with E-state index in [9.17, 15) is 5.11 Å². The number of aromatic nitrogens is 2.